The summed E-state index contributed by atoms with van der Waals surface area (Å²) in [6.07, 6.45) is 7.86. The molecule has 3 aliphatic rings. The van der Waals surface area contributed by atoms with Crippen LogP contribution in [-0.4, -0.2) is 42.1 Å². The van der Waals surface area contributed by atoms with Crippen molar-refractivity contribution in [1.29, 1.82) is 0 Å². The maximum atomic E-state index is 12.6. The molecule has 3 aliphatic heterocycles. The molecule has 0 saturated carbocycles. The molecule has 138 valence electrons. The molecule has 2 atom stereocenters. The van der Waals surface area contributed by atoms with Crippen molar-refractivity contribution in [2.24, 2.45) is 5.92 Å². The van der Waals surface area contributed by atoms with E-state index in [2.05, 4.69) is 10.2 Å². The van der Waals surface area contributed by atoms with Crippen LogP contribution >= 0.6 is 12.4 Å². The standard InChI is InChI=1S/C20H28N2O2.ClH/c23-20(14-15-12-16-6-7-17(13-15)21-16)22-10-8-19(9-11-22)24-18-4-2-1-3-5-18;/h1-5,15-17,19,21H,6-14H2;1H. The van der Waals surface area contributed by atoms with Crippen LogP contribution in [0.2, 0.25) is 0 Å². The van der Waals surface area contributed by atoms with E-state index in [4.69, 9.17) is 4.74 Å². The summed E-state index contributed by atoms with van der Waals surface area (Å²) in [4.78, 5) is 14.7. The first-order valence-electron chi connectivity index (χ1n) is 9.52. The van der Waals surface area contributed by atoms with Gasteiger partial charge in [-0.25, -0.2) is 0 Å². The molecule has 5 heteroatoms. The fourth-order valence-electron chi connectivity index (χ4n) is 4.63. The minimum Gasteiger partial charge on any atom is -0.490 e. The van der Waals surface area contributed by atoms with E-state index in [1.165, 1.54) is 25.7 Å². The zero-order valence-corrected chi connectivity index (χ0v) is 15.5. The maximum absolute atomic E-state index is 12.6. The number of rotatable bonds is 4. The number of amides is 1. The van der Waals surface area contributed by atoms with Crippen LogP contribution in [0.15, 0.2) is 30.3 Å². The van der Waals surface area contributed by atoms with Gasteiger partial charge in [-0.05, 0) is 43.7 Å². The third-order valence-corrected chi connectivity index (χ3v) is 5.87. The van der Waals surface area contributed by atoms with Gasteiger partial charge in [0.1, 0.15) is 11.9 Å². The van der Waals surface area contributed by atoms with Gasteiger partial charge in [-0.2, -0.15) is 0 Å². The first kappa shape index (κ1) is 18.5. The normalized spacial score (nSPS) is 29.1. The summed E-state index contributed by atoms with van der Waals surface area (Å²) in [5.74, 6) is 1.89. The van der Waals surface area contributed by atoms with Gasteiger partial charge in [0, 0.05) is 44.4 Å². The first-order chi connectivity index (χ1) is 11.8. The van der Waals surface area contributed by atoms with Crippen molar-refractivity contribution in [1.82, 2.24) is 10.2 Å². The lowest BCUT2D eigenvalue weighted by Crippen LogP contribution is -2.44. The van der Waals surface area contributed by atoms with Crippen LogP contribution in [-0.2, 0) is 4.79 Å². The quantitative estimate of drug-likeness (QED) is 0.890. The number of nitrogens with one attached hydrogen (secondary N) is 1. The SMILES string of the molecule is Cl.O=C(CC1CC2CCC(C1)N2)N1CCC(Oc2ccccc2)CC1. The minimum atomic E-state index is 0. The highest BCUT2D eigenvalue weighted by Gasteiger charge is 2.35. The monoisotopic (exact) mass is 364 g/mol. The van der Waals surface area contributed by atoms with Crippen LogP contribution < -0.4 is 10.1 Å². The zero-order chi connectivity index (χ0) is 16.4. The molecule has 25 heavy (non-hydrogen) atoms. The molecule has 1 aromatic rings. The number of hydrogen-bond acceptors (Lipinski definition) is 3. The van der Waals surface area contributed by atoms with E-state index in [1.54, 1.807) is 0 Å². The number of para-hydroxylation sites is 1. The van der Waals surface area contributed by atoms with E-state index in [0.29, 0.717) is 23.9 Å². The van der Waals surface area contributed by atoms with E-state index in [-0.39, 0.29) is 18.5 Å². The molecule has 0 aromatic heterocycles. The molecule has 4 rings (SSSR count). The van der Waals surface area contributed by atoms with Gasteiger partial charge in [0.2, 0.25) is 5.91 Å². The van der Waals surface area contributed by atoms with E-state index in [0.717, 1.165) is 38.1 Å². The minimum absolute atomic E-state index is 0. The van der Waals surface area contributed by atoms with Crippen molar-refractivity contribution in [3.63, 3.8) is 0 Å². The van der Waals surface area contributed by atoms with Crippen LogP contribution in [0, 0.1) is 5.92 Å². The summed E-state index contributed by atoms with van der Waals surface area (Å²) in [6, 6.07) is 11.4. The lowest BCUT2D eigenvalue weighted by atomic mass is 9.89. The predicted molar refractivity (Wildman–Crippen MR) is 101 cm³/mol. The molecule has 3 heterocycles. The Bertz CT molecular complexity index is 548. The number of likely N-dealkylation sites (tertiary alicyclic amines) is 1. The van der Waals surface area contributed by atoms with Gasteiger partial charge in [0.15, 0.2) is 0 Å². The number of ether oxygens (including phenoxy) is 1. The number of benzene rings is 1. The Kier molecular flexibility index (Phi) is 6.24. The lowest BCUT2D eigenvalue weighted by molar-refractivity contribution is -0.134. The fraction of sp³-hybridized carbons (Fsp3) is 0.650. The summed E-state index contributed by atoms with van der Waals surface area (Å²) >= 11 is 0. The molecule has 0 radical (unpaired) electrons. The second kappa shape index (κ2) is 8.41. The van der Waals surface area contributed by atoms with Gasteiger partial charge >= 0.3 is 0 Å². The van der Waals surface area contributed by atoms with Crippen molar-refractivity contribution in [2.75, 3.05) is 13.1 Å². The Labute approximate surface area is 156 Å². The van der Waals surface area contributed by atoms with Gasteiger partial charge < -0.3 is 15.0 Å². The fourth-order valence-corrected chi connectivity index (χ4v) is 4.63. The van der Waals surface area contributed by atoms with Crippen molar-refractivity contribution < 1.29 is 9.53 Å². The molecule has 4 nitrogen and oxygen atoms in total. The second-order valence-electron chi connectivity index (χ2n) is 7.69. The van der Waals surface area contributed by atoms with Crippen molar-refractivity contribution in [3.8, 4) is 5.75 Å². The summed E-state index contributed by atoms with van der Waals surface area (Å²) in [5, 5.41) is 3.66. The number of halogens is 1. The Morgan fingerprint density at radius 2 is 1.68 bits per heavy atom. The number of nitrogens with zero attached hydrogens (tertiary/aromatic N) is 1. The lowest BCUT2D eigenvalue weighted by Gasteiger charge is -2.34. The largest absolute Gasteiger partial charge is 0.490 e. The molecule has 1 aromatic carbocycles. The van der Waals surface area contributed by atoms with Gasteiger partial charge in [0.05, 0.1) is 0 Å². The first-order valence-corrected chi connectivity index (χ1v) is 9.52. The third kappa shape index (κ3) is 4.68. The summed E-state index contributed by atoms with van der Waals surface area (Å²) in [5.41, 5.74) is 0. The van der Waals surface area contributed by atoms with Crippen LogP contribution in [0.1, 0.15) is 44.9 Å². The number of hydrogen-bond donors (Lipinski definition) is 1. The molecular formula is C20H29ClN2O2. The molecule has 0 spiro atoms. The number of carbonyl (C=O) groups is 1. The smallest absolute Gasteiger partial charge is 0.222 e. The number of carbonyl (C=O) groups excluding carboxylic acids is 1. The number of fused-ring (bicyclic) bond motifs is 2. The highest BCUT2D eigenvalue weighted by Crippen LogP contribution is 2.33. The Morgan fingerprint density at radius 3 is 2.32 bits per heavy atom. The van der Waals surface area contributed by atoms with Gasteiger partial charge in [-0.15, -0.1) is 12.4 Å². The zero-order valence-electron chi connectivity index (χ0n) is 14.7. The highest BCUT2D eigenvalue weighted by molar-refractivity contribution is 5.85. The van der Waals surface area contributed by atoms with Crippen LogP contribution in [0.3, 0.4) is 0 Å². The summed E-state index contributed by atoms with van der Waals surface area (Å²) < 4.78 is 6.02. The Balaban J connectivity index is 0.00000182. The highest BCUT2D eigenvalue weighted by atomic mass is 35.5. The molecule has 1 N–H and O–H groups in total. The van der Waals surface area contributed by atoms with E-state index in [9.17, 15) is 4.79 Å². The molecule has 1 amide bonds. The Hall–Kier alpha value is -1.26. The Morgan fingerprint density at radius 1 is 1.04 bits per heavy atom. The number of piperidine rings is 2. The van der Waals surface area contributed by atoms with Gasteiger partial charge in [0.25, 0.3) is 0 Å². The molecule has 3 fully saturated rings. The van der Waals surface area contributed by atoms with Crippen molar-refractivity contribution in [2.45, 2.75) is 63.1 Å². The average molecular weight is 365 g/mol. The predicted octanol–water partition coefficient (Wildman–Crippen LogP) is 3.40. The van der Waals surface area contributed by atoms with Crippen LogP contribution in [0.4, 0.5) is 0 Å². The maximum Gasteiger partial charge on any atom is 0.222 e. The van der Waals surface area contributed by atoms with E-state index in [1.807, 2.05) is 30.3 Å². The molecule has 2 bridgehead atoms. The van der Waals surface area contributed by atoms with Gasteiger partial charge in [-0.3, -0.25) is 4.79 Å². The molecular weight excluding hydrogens is 336 g/mol. The third-order valence-electron chi connectivity index (χ3n) is 5.87. The van der Waals surface area contributed by atoms with Crippen LogP contribution in [0.25, 0.3) is 0 Å². The summed E-state index contributed by atoms with van der Waals surface area (Å²) in [7, 11) is 0. The van der Waals surface area contributed by atoms with Gasteiger partial charge in [-0.1, -0.05) is 18.2 Å². The van der Waals surface area contributed by atoms with Crippen molar-refractivity contribution in [3.05, 3.63) is 30.3 Å². The average Bonchev–Trinajstić information content (AvgIpc) is 2.95. The second-order valence-corrected chi connectivity index (χ2v) is 7.69. The van der Waals surface area contributed by atoms with Crippen LogP contribution in [0.5, 0.6) is 5.75 Å². The molecule has 3 saturated heterocycles. The molecule has 2 unspecified atom stereocenters. The molecule has 0 aliphatic carbocycles. The van der Waals surface area contributed by atoms with E-state index >= 15 is 0 Å². The topological polar surface area (TPSA) is 41.6 Å². The van der Waals surface area contributed by atoms with Crippen molar-refractivity contribution >= 4 is 18.3 Å². The summed E-state index contributed by atoms with van der Waals surface area (Å²) in [6.45, 7) is 1.68. The van der Waals surface area contributed by atoms with E-state index < -0.39 is 0 Å².